The third-order valence-electron chi connectivity index (χ3n) is 1.68. The smallest absolute Gasteiger partial charge is 0.0267 e. The zero-order valence-corrected chi connectivity index (χ0v) is 12.5. The van der Waals surface area contributed by atoms with Gasteiger partial charge in [0.2, 0.25) is 0 Å². The van der Waals surface area contributed by atoms with Crippen molar-refractivity contribution < 1.29 is 25.8 Å². The molecular weight excluding hydrogens is 251 g/mol. The standard InChI is InChI=1S/C5H5N.2C5H5.CH3.Sc/c1-2-4-6-5-3-1;2*1-2-4-5-3-1;;/h1-5H;2*1-5H;1H3;/q;;;-1;. The number of nitrogens with zero attached hydrogens (tertiary/aromatic N) is 1. The van der Waals surface area contributed by atoms with Crippen LogP contribution < -0.4 is 0 Å². The molecule has 0 aromatic carbocycles. The summed E-state index contributed by atoms with van der Waals surface area (Å²) in [7, 11) is 0. The zero-order chi connectivity index (χ0) is 11.3. The van der Waals surface area contributed by atoms with Gasteiger partial charge in [0.15, 0.2) is 0 Å². The van der Waals surface area contributed by atoms with Crippen LogP contribution in [0.25, 0.3) is 0 Å². The van der Waals surface area contributed by atoms with Crippen LogP contribution >= 0.6 is 0 Å². The fourth-order valence-electron chi connectivity index (χ4n) is 0.954. The van der Waals surface area contributed by atoms with E-state index in [4.69, 9.17) is 0 Å². The molecule has 2 fully saturated rings. The van der Waals surface area contributed by atoms with E-state index in [-0.39, 0.29) is 33.3 Å². The van der Waals surface area contributed by atoms with Gasteiger partial charge in [0, 0.05) is 38.2 Å². The maximum absolute atomic E-state index is 3.78. The Morgan fingerprint density at radius 2 is 0.722 bits per heavy atom. The molecule has 0 unspecified atom stereocenters. The quantitative estimate of drug-likeness (QED) is 0.656. The summed E-state index contributed by atoms with van der Waals surface area (Å²) >= 11 is 0. The summed E-state index contributed by atoms with van der Waals surface area (Å²) in [6.07, 6.45) is 23.5. The van der Waals surface area contributed by atoms with Gasteiger partial charge in [-0.05, 0) is 76.3 Å². The Morgan fingerprint density at radius 1 is 0.444 bits per heavy atom. The minimum Gasteiger partial charge on any atom is -0.358 e. The molecule has 2 saturated carbocycles. The Hall–Kier alpha value is 0.0201. The first kappa shape index (κ1) is 20.3. The van der Waals surface area contributed by atoms with E-state index in [1.807, 2.05) is 82.4 Å². The summed E-state index contributed by atoms with van der Waals surface area (Å²) in [6.45, 7) is 0. The molecule has 1 nitrogen and oxygen atoms in total. The van der Waals surface area contributed by atoms with Crippen LogP contribution in [-0.4, -0.2) is 4.98 Å². The molecule has 2 aliphatic rings. The molecule has 3 rings (SSSR count). The Kier molecular flexibility index (Phi) is 19.2. The van der Waals surface area contributed by atoms with Crippen LogP contribution in [-0.2, 0) is 25.8 Å². The second kappa shape index (κ2) is 17.0. The van der Waals surface area contributed by atoms with Gasteiger partial charge in [-0.1, -0.05) is 6.07 Å². The SMILES string of the molecule is [CH3-].[CH]1[CH][CH][CH][CH]1.[CH]1[CH][CH][CH][CH]1.[Sc].c1ccncc1. The maximum Gasteiger partial charge on any atom is 0.0267 e. The van der Waals surface area contributed by atoms with Crippen LogP contribution in [0.15, 0.2) is 30.6 Å². The van der Waals surface area contributed by atoms with Crippen molar-refractivity contribution in [3.05, 3.63) is 102 Å². The molecule has 2 heteroatoms. The Bertz CT molecular complexity index is 166. The number of rotatable bonds is 0. The molecule has 1 heterocycles. The molecule has 2 aliphatic carbocycles. The average molecular weight is 269 g/mol. The fraction of sp³-hybridized carbons (Fsp3) is 0. The first-order chi connectivity index (χ1) is 8.00. The van der Waals surface area contributed by atoms with Crippen molar-refractivity contribution in [3.63, 3.8) is 0 Å². The first-order valence-electron chi connectivity index (χ1n) is 5.18. The van der Waals surface area contributed by atoms with E-state index in [0.29, 0.717) is 0 Å². The molecule has 0 saturated heterocycles. The third-order valence-corrected chi connectivity index (χ3v) is 1.68. The van der Waals surface area contributed by atoms with E-state index in [1.54, 1.807) is 12.4 Å². The molecule has 0 bridgehead atoms. The van der Waals surface area contributed by atoms with Crippen LogP contribution in [0.4, 0.5) is 0 Å². The molecule has 91 valence electrons. The summed E-state index contributed by atoms with van der Waals surface area (Å²) in [5.41, 5.74) is 0. The fourth-order valence-corrected chi connectivity index (χ4v) is 0.954. The summed E-state index contributed by atoms with van der Waals surface area (Å²) in [4.78, 5) is 3.78. The van der Waals surface area contributed by atoms with E-state index in [9.17, 15) is 0 Å². The van der Waals surface area contributed by atoms with Crippen LogP contribution in [0.1, 0.15) is 0 Å². The van der Waals surface area contributed by atoms with Crippen molar-refractivity contribution in [2.24, 2.45) is 0 Å². The molecule has 0 N–H and O–H groups in total. The van der Waals surface area contributed by atoms with Gasteiger partial charge >= 0.3 is 0 Å². The summed E-state index contributed by atoms with van der Waals surface area (Å²) in [5.74, 6) is 0. The summed E-state index contributed by atoms with van der Waals surface area (Å²) in [5, 5.41) is 0. The second-order valence-electron chi connectivity index (χ2n) is 2.95. The number of pyridine rings is 1. The van der Waals surface area contributed by atoms with Gasteiger partial charge in [-0.25, -0.2) is 0 Å². The van der Waals surface area contributed by atoms with E-state index >= 15 is 0 Å². The normalized spacial score (nSPS) is 16.0. The number of hydrogen-bond donors (Lipinski definition) is 0. The molecule has 11 radical (unpaired) electrons. The van der Waals surface area contributed by atoms with Crippen molar-refractivity contribution in [2.45, 2.75) is 0 Å². The molecule has 18 heavy (non-hydrogen) atoms. The van der Waals surface area contributed by atoms with E-state index in [1.165, 1.54) is 0 Å². The monoisotopic (exact) mass is 269 g/mol. The second-order valence-corrected chi connectivity index (χ2v) is 2.95. The van der Waals surface area contributed by atoms with Crippen molar-refractivity contribution in [1.29, 1.82) is 0 Å². The van der Waals surface area contributed by atoms with Crippen LogP contribution in [0.2, 0.25) is 0 Å². The predicted octanol–water partition coefficient (Wildman–Crippen LogP) is 3.57. The predicted molar refractivity (Wildman–Crippen MR) is 73.7 cm³/mol. The third kappa shape index (κ3) is 14.1. The molecule has 0 amide bonds. The van der Waals surface area contributed by atoms with Gasteiger partial charge in [-0.15, -0.1) is 0 Å². The van der Waals surface area contributed by atoms with Crippen molar-refractivity contribution >= 4 is 0 Å². The number of aromatic nitrogens is 1. The summed E-state index contributed by atoms with van der Waals surface area (Å²) < 4.78 is 0. The molecule has 1 aromatic rings. The number of hydrogen-bond acceptors (Lipinski definition) is 1. The van der Waals surface area contributed by atoms with Gasteiger partial charge in [-0.2, -0.15) is 0 Å². The van der Waals surface area contributed by atoms with Gasteiger partial charge in [-0.3, -0.25) is 4.98 Å². The van der Waals surface area contributed by atoms with E-state index in [2.05, 4.69) is 4.98 Å². The van der Waals surface area contributed by atoms with E-state index < -0.39 is 0 Å². The van der Waals surface area contributed by atoms with Crippen molar-refractivity contribution in [2.75, 3.05) is 0 Å². The Labute approximate surface area is 133 Å². The Balaban J connectivity index is 0. The van der Waals surface area contributed by atoms with Crippen LogP contribution in [0.3, 0.4) is 0 Å². The maximum atomic E-state index is 3.78. The largest absolute Gasteiger partial charge is 0.358 e. The van der Waals surface area contributed by atoms with Crippen LogP contribution in [0, 0.1) is 71.6 Å². The molecule has 0 spiro atoms. The summed E-state index contributed by atoms with van der Waals surface area (Å²) in [6, 6.07) is 5.72. The topological polar surface area (TPSA) is 12.9 Å². The molecule has 0 atom stereocenters. The zero-order valence-electron chi connectivity index (χ0n) is 10.7. The molecular formula is C16H18NSc-. The Morgan fingerprint density at radius 3 is 0.833 bits per heavy atom. The van der Waals surface area contributed by atoms with Gasteiger partial charge < -0.3 is 7.43 Å². The average Bonchev–Trinajstić information content (AvgIpc) is 3.10. The minimum absolute atomic E-state index is 0. The van der Waals surface area contributed by atoms with E-state index in [0.717, 1.165) is 0 Å². The molecule has 1 aromatic heterocycles. The van der Waals surface area contributed by atoms with Crippen molar-refractivity contribution in [1.82, 2.24) is 4.98 Å². The van der Waals surface area contributed by atoms with Crippen molar-refractivity contribution in [3.8, 4) is 0 Å². The van der Waals surface area contributed by atoms with Gasteiger partial charge in [0.25, 0.3) is 0 Å². The van der Waals surface area contributed by atoms with Gasteiger partial charge in [0.05, 0.1) is 0 Å². The minimum atomic E-state index is 0. The van der Waals surface area contributed by atoms with Crippen LogP contribution in [0.5, 0.6) is 0 Å². The van der Waals surface area contributed by atoms with Gasteiger partial charge in [0.1, 0.15) is 0 Å². The first-order valence-corrected chi connectivity index (χ1v) is 5.18. The molecule has 0 aliphatic heterocycles.